The van der Waals surface area contributed by atoms with Crippen LogP contribution in [0, 0.1) is 0 Å². The predicted molar refractivity (Wildman–Crippen MR) is 101 cm³/mol. The molecule has 0 saturated heterocycles. The van der Waals surface area contributed by atoms with Gasteiger partial charge in [-0.1, -0.05) is 39.0 Å². The van der Waals surface area contributed by atoms with Crippen LogP contribution in [0.2, 0.25) is 0 Å². The molecule has 0 aliphatic rings. The average molecular weight is 327 g/mol. The van der Waals surface area contributed by atoms with E-state index in [4.69, 9.17) is 9.47 Å². The van der Waals surface area contributed by atoms with Gasteiger partial charge >= 0.3 is 0 Å². The molecule has 0 aromatic heterocycles. The maximum Gasteiger partial charge on any atom is 0.123 e. The Kier molecular flexibility index (Phi) is 6.98. The first kappa shape index (κ1) is 18.2. The molecule has 0 heterocycles. The fourth-order valence-corrected chi connectivity index (χ4v) is 2.60. The molecule has 0 spiro atoms. The quantitative estimate of drug-likeness (QED) is 0.661. The molecule has 0 bridgehead atoms. The summed E-state index contributed by atoms with van der Waals surface area (Å²) in [5.74, 6) is 2.38. The molecule has 0 amide bonds. The number of para-hydroxylation sites is 1. The highest BCUT2D eigenvalue weighted by molar-refractivity contribution is 5.46. The van der Waals surface area contributed by atoms with Gasteiger partial charge in [-0.3, -0.25) is 0 Å². The molecule has 0 radical (unpaired) electrons. The van der Waals surface area contributed by atoms with E-state index in [2.05, 4.69) is 44.3 Å². The largest absolute Gasteiger partial charge is 0.497 e. The average Bonchev–Trinajstić information content (AvgIpc) is 2.65. The van der Waals surface area contributed by atoms with Crippen LogP contribution in [0.15, 0.2) is 48.5 Å². The van der Waals surface area contributed by atoms with E-state index in [1.54, 1.807) is 7.11 Å². The lowest BCUT2D eigenvalue weighted by Gasteiger charge is -2.22. The van der Waals surface area contributed by atoms with Crippen LogP contribution in [0.5, 0.6) is 11.5 Å². The van der Waals surface area contributed by atoms with Crippen LogP contribution in [-0.4, -0.2) is 19.8 Å². The maximum atomic E-state index is 6.30. The fourth-order valence-electron chi connectivity index (χ4n) is 2.60. The summed E-state index contributed by atoms with van der Waals surface area (Å²) in [4.78, 5) is 0. The summed E-state index contributed by atoms with van der Waals surface area (Å²) in [5, 5.41) is 3.45. The lowest BCUT2D eigenvalue weighted by Crippen LogP contribution is -2.26. The van der Waals surface area contributed by atoms with Gasteiger partial charge in [0, 0.05) is 5.69 Å². The zero-order valence-corrected chi connectivity index (χ0v) is 15.2. The zero-order valence-electron chi connectivity index (χ0n) is 15.2. The van der Waals surface area contributed by atoms with E-state index in [9.17, 15) is 0 Å². The third-order valence-corrected chi connectivity index (χ3v) is 4.44. The molecule has 2 aromatic carbocycles. The summed E-state index contributed by atoms with van der Waals surface area (Å²) in [6.07, 6.45) is 2.21. The van der Waals surface area contributed by atoms with E-state index >= 15 is 0 Å². The Morgan fingerprint density at radius 2 is 1.67 bits per heavy atom. The summed E-state index contributed by atoms with van der Waals surface area (Å²) >= 11 is 0. The fraction of sp³-hybridized carbons (Fsp3) is 0.429. The third kappa shape index (κ3) is 4.92. The normalized spacial score (nSPS) is 13.2. The molecule has 2 rings (SSSR count). The molecule has 2 unspecified atom stereocenters. The van der Waals surface area contributed by atoms with Crippen molar-refractivity contribution in [3.8, 4) is 11.5 Å². The van der Waals surface area contributed by atoms with E-state index in [-0.39, 0.29) is 6.10 Å². The molecule has 130 valence electrons. The van der Waals surface area contributed by atoms with E-state index in [1.165, 1.54) is 5.56 Å². The lowest BCUT2D eigenvalue weighted by atomic mass is 9.98. The van der Waals surface area contributed by atoms with Gasteiger partial charge in [0.05, 0.1) is 13.7 Å². The van der Waals surface area contributed by atoms with E-state index in [0.717, 1.165) is 36.6 Å². The Morgan fingerprint density at radius 3 is 2.29 bits per heavy atom. The second-order valence-electron chi connectivity index (χ2n) is 6.10. The molecule has 3 heteroatoms. The minimum atomic E-state index is 0.136. The van der Waals surface area contributed by atoms with Gasteiger partial charge in [-0.25, -0.2) is 0 Å². The van der Waals surface area contributed by atoms with Crippen molar-refractivity contribution in [3.63, 3.8) is 0 Å². The van der Waals surface area contributed by atoms with Crippen LogP contribution < -0.4 is 14.8 Å². The van der Waals surface area contributed by atoms with Crippen molar-refractivity contribution in [2.45, 2.75) is 45.6 Å². The van der Waals surface area contributed by atoms with Crippen LogP contribution in [0.25, 0.3) is 0 Å². The van der Waals surface area contributed by atoms with E-state index in [0.29, 0.717) is 5.92 Å². The van der Waals surface area contributed by atoms with Gasteiger partial charge in [-0.05, 0) is 54.7 Å². The minimum Gasteiger partial charge on any atom is -0.497 e. The molecule has 0 fully saturated rings. The van der Waals surface area contributed by atoms with Crippen molar-refractivity contribution >= 4 is 5.69 Å². The van der Waals surface area contributed by atoms with Crippen molar-refractivity contribution in [3.05, 3.63) is 54.1 Å². The minimum absolute atomic E-state index is 0.136. The van der Waals surface area contributed by atoms with Gasteiger partial charge in [0.2, 0.25) is 0 Å². The first-order chi connectivity index (χ1) is 11.7. The van der Waals surface area contributed by atoms with Crippen molar-refractivity contribution in [2.75, 3.05) is 19.0 Å². The smallest absolute Gasteiger partial charge is 0.123 e. The Morgan fingerprint density at radius 1 is 0.958 bits per heavy atom. The summed E-state index contributed by atoms with van der Waals surface area (Å²) in [6, 6.07) is 16.4. The van der Waals surface area contributed by atoms with Crippen molar-refractivity contribution < 1.29 is 9.47 Å². The van der Waals surface area contributed by atoms with Gasteiger partial charge in [-0.15, -0.1) is 0 Å². The number of hydrogen-bond acceptors (Lipinski definition) is 3. The molecule has 0 aliphatic carbocycles. The van der Waals surface area contributed by atoms with E-state index in [1.807, 2.05) is 30.3 Å². The second kappa shape index (κ2) is 9.21. The van der Waals surface area contributed by atoms with Crippen LogP contribution in [0.3, 0.4) is 0 Å². The van der Waals surface area contributed by atoms with Crippen LogP contribution >= 0.6 is 0 Å². The standard InChI is InChI=1S/C21H29NO2/c1-5-16(3)20-9-7-8-10-21(20)24-18(6-2)15-22-17-11-13-19(23-4)14-12-17/h7-14,16,18,22H,5-6,15H2,1-4H3. The van der Waals surface area contributed by atoms with Gasteiger partial charge in [-0.2, -0.15) is 0 Å². The summed E-state index contributed by atoms with van der Waals surface area (Å²) < 4.78 is 11.5. The number of benzene rings is 2. The molecule has 1 N–H and O–H groups in total. The third-order valence-electron chi connectivity index (χ3n) is 4.44. The van der Waals surface area contributed by atoms with Crippen LogP contribution in [0.1, 0.15) is 45.1 Å². The highest BCUT2D eigenvalue weighted by atomic mass is 16.5. The highest BCUT2D eigenvalue weighted by Crippen LogP contribution is 2.29. The number of ether oxygens (including phenoxy) is 2. The second-order valence-corrected chi connectivity index (χ2v) is 6.10. The van der Waals surface area contributed by atoms with E-state index < -0.39 is 0 Å². The Bertz CT molecular complexity index is 609. The molecule has 0 saturated carbocycles. The highest BCUT2D eigenvalue weighted by Gasteiger charge is 2.14. The Balaban J connectivity index is 1.99. The van der Waals surface area contributed by atoms with Crippen molar-refractivity contribution in [2.24, 2.45) is 0 Å². The number of hydrogen-bond donors (Lipinski definition) is 1. The summed E-state index contributed by atoms with van der Waals surface area (Å²) in [5.41, 5.74) is 2.37. The number of rotatable bonds is 9. The molecule has 0 aliphatic heterocycles. The van der Waals surface area contributed by atoms with Crippen LogP contribution in [-0.2, 0) is 0 Å². The summed E-state index contributed by atoms with van der Waals surface area (Å²) in [6.45, 7) is 7.40. The molecule has 2 aromatic rings. The monoisotopic (exact) mass is 327 g/mol. The topological polar surface area (TPSA) is 30.5 Å². The number of methoxy groups -OCH3 is 1. The molecule has 2 atom stereocenters. The Labute approximate surface area is 146 Å². The molecular formula is C21H29NO2. The lowest BCUT2D eigenvalue weighted by molar-refractivity contribution is 0.207. The van der Waals surface area contributed by atoms with Gasteiger partial charge < -0.3 is 14.8 Å². The van der Waals surface area contributed by atoms with Crippen molar-refractivity contribution in [1.82, 2.24) is 0 Å². The Hall–Kier alpha value is -2.16. The first-order valence-corrected chi connectivity index (χ1v) is 8.81. The maximum absolute atomic E-state index is 6.30. The summed E-state index contributed by atoms with van der Waals surface area (Å²) in [7, 11) is 1.68. The molecule has 24 heavy (non-hydrogen) atoms. The van der Waals surface area contributed by atoms with Gasteiger partial charge in [0.25, 0.3) is 0 Å². The predicted octanol–water partition coefficient (Wildman–Crippen LogP) is 5.48. The van der Waals surface area contributed by atoms with Crippen LogP contribution in [0.4, 0.5) is 5.69 Å². The number of nitrogens with one attached hydrogen (secondary N) is 1. The molecular weight excluding hydrogens is 298 g/mol. The van der Waals surface area contributed by atoms with Crippen molar-refractivity contribution in [1.29, 1.82) is 0 Å². The van der Waals surface area contributed by atoms with Gasteiger partial charge in [0.1, 0.15) is 17.6 Å². The van der Waals surface area contributed by atoms with Gasteiger partial charge in [0.15, 0.2) is 0 Å². The molecule has 3 nitrogen and oxygen atoms in total. The SMILES string of the molecule is CCC(CNc1ccc(OC)cc1)Oc1ccccc1C(C)CC. The first-order valence-electron chi connectivity index (χ1n) is 8.81. The number of anilines is 1. The zero-order chi connectivity index (χ0) is 17.4.